The molecule has 0 saturated heterocycles. The smallest absolute Gasteiger partial charge is 0.217 e. The number of hydrogen-bond donors (Lipinski definition) is 2. The third kappa shape index (κ3) is 4.38. The summed E-state index contributed by atoms with van der Waals surface area (Å²) in [6.07, 6.45) is 0.996. The molecule has 1 aromatic rings. The maximum absolute atomic E-state index is 10.9. The molecule has 112 valence electrons. The second-order valence-corrected chi connectivity index (χ2v) is 5.70. The summed E-state index contributed by atoms with van der Waals surface area (Å²) in [6.45, 7) is 1.96. The van der Waals surface area contributed by atoms with E-state index >= 15 is 0 Å². The first-order valence-corrected chi connectivity index (χ1v) is 7.13. The van der Waals surface area contributed by atoms with Crippen molar-refractivity contribution in [2.45, 2.75) is 25.8 Å². The molecule has 20 heavy (non-hydrogen) atoms. The SMILES string of the molecule is COc1cc(Br)c(C(N)CC(C)CC(N)=O)cc1OC. The number of hydrogen-bond acceptors (Lipinski definition) is 4. The van der Waals surface area contributed by atoms with E-state index in [1.807, 2.05) is 19.1 Å². The van der Waals surface area contributed by atoms with Crippen LogP contribution in [0.2, 0.25) is 0 Å². The predicted molar refractivity (Wildman–Crippen MR) is 81.8 cm³/mol. The maximum atomic E-state index is 10.9. The Bertz CT molecular complexity index is 480. The summed E-state index contributed by atoms with van der Waals surface area (Å²) in [5.41, 5.74) is 12.3. The average Bonchev–Trinajstić information content (AvgIpc) is 2.36. The van der Waals surface area contributed by atoms with Crippen molar-refractivity contribution in [1.29, 1.82) is 0 Å². The lowest BCUT2D eigenvalue weighted by molar-refractivity contribution is -0.118. The lowest BCUT2D eigenvalue weighted by atomic mass is 9.94. The molecule has 0 spiro atoms. The fourth-order valence-electron chi connectivity index (χ4n) is 2.14. The van der Waals surface area contributed by atoms with Crippen LogP contribution in [0.4, 0.5) is 0 Å². The highest BCUT2D eigenvalue weighted by molar-refractivity contribution is 9.10. The molecule has 1 rings (SSSR count). The summed E-state index contributed by atoms with van der Waals surface area (Å²) in [5, 5.41) is 0. The van der Waals surface area contributed by atoms with Crippen molar-refractivity contribution in [3.05, 3.63) is 22.2 Å². The fraction of sp³-hybridized carbons (Fsp3) is 0.500. The van der Waals surface area contributed by atoms with Crippen molar-refractivity contribution >= 4 is 21.8 Å². The van der Waals surface area contributed by atoms with Crippen LogP contribution in [0.25, 0.3) is 0 Å². The molecule has 0 aliphatic rings. The molecule has 4 N–H and O–H groups in total. The van der Waals surface area contributed by atoms with E-state index in [1.165, 1.54) is 0 Å². The molecule has 5 nitrogen and oxygen atoms in total. The topological polar surface area (TPSA) is 87.6 Å². The first kappa shape index (κ1) is 16.8. The van der Waals surface area contributed by atoms with Crippen LogP contribution in [0, 0.1) is 5.92 Å². The summed E-state index contributed by atoms with van der Waals surface area (Å²) >= 11 is 3.49. The number of ether oxygens (including phenoxy) is 2. The highest BCUT2D eigenvalue weighted by atomic mass is 79.9. The molecule has 0 heterocycles. The largest absolute Gasteiger partial charge is 0.493 e. The van der Waals surface area contributed by atoms with E-state index in [2.05, 4.69) is 15.9 Å². The molecule has 1 amide bonds. The number of carbonyl (C=O) groups is 1. The Balaban J connectivity index is 2.92. The average molecular weight is 345 g/mol. The highest BCUT2D eigenvalue weighted by Crippen LogP contribution is 2.37. The minimum atomic E-state index is -0.309. The van der Waals surface area contributed by atoms with E-state index in [0.29, 0.717) is 24.3 Å². The van der Waals surface area contributed by atoms with Crippen LogP contribution < -0.4 is 20.9 Å². The fourth-order valence-corrected chi connectivity index (χ4v) is 2.76. The number of amides is 1. The first-order valence-electron chi connectivity index (χ1n) is 6.34. The van der Waals surface area contributed by atoms with Crippen LogP contribution in [0.1, 0.15) is 31.4 Å². The number of carbonyl (C=O) groups excluding carboxylic acids is 1. The third-order valence-electron chi connectivity index (χ3n) is 3.11. The lowest BCUT2D eigenvalue weighted by Gasteiger charge is -2.19. The second-order valence-electron chi connectivity index (χ2n) is 4.85. The van der Waals surface area contributed by atoms with Gasteiger partial charge in [0.25, 0.3) is 0 Å². The Morgan fingerprint density at radius 1 is 1.30 bits per heavy atom. The normalized spacial score (nSPS) is 13.7. The number of methoxy groups -OCH3 is 2. The Morgan fingerprint density at radius 3 is 2.35 bits per heavy atom. The molecule has 0 bridgehead atoms. The highest BCUT2D eigenvalue weighted by Gasteiger charge is 2.18. The number of halogens is 1. The van der Waals surface area contributed by atoms with Gasteiger partial charge in [-0.15, -0.1) is 0 Å². The molecule has 0 saturated carbocycles. The van der Waals surface area contributed by atoms with Crippen molar-refractivity contribution < 1.29 is 14.3 Å². The van der Waals surface area contributed by atoms with E-state index in [9.17, 15) is 4.79 Å². The number of rotatable bonds is 7. The molecule has 1 aromatic carbocycles. The molecule has 0 aromatic heterocycles. The zero-order valence-corrected chi connectivity index (χ0v) is 13.6. The molecule has 0 aliphatic heterocycles. The van der Waals surface area contributed by atoms with E-state index in [1.54, 1.807) is 14.2 Å². The molecule has 0 fully saturated rings. The van der Waals surface area contributed by atoms with Crippen LogP contribution in [-0.2, 0) is 4.79 Å². The lowest BCUT2D eigenvalue weighted by Crippen LogP contribution is -2.19. The summed E-state index contributed by atoms with van der Waals surface area (Å²) in [5.74, 6) is 1.09. The van der Waals surface area contributed by atoms with E-state index in [4.69, 9.17) is 20.9 Å². The standard InChI is InChI=1S/C14H21BrN2O3/c1-8(5-14(17)18)4-11(16)9-6-12(19-2)13(20-3)7-10(9)15/h6-8,11H,4-5,16H2,1-3H3,(H2,17,18). The Labute approximate surface area is 127 Å². The molecule has 2 unspecified atom stereocenters. The number of nitrogens with two attached hydrogens (primary N) is 2. The van der Waals surface area contributed by atoms with Gasteiger partial charge < -0.3 is 20.9 Å². The van der Waals surface area contributed by atoms with Gasteiger partial charge in [-0.1, -0.05) is 22.9 Å². The summed E-state index contributed by atoms with van der Waals surface area (Å²) in [7, 11) is 3.16. The minimum absolute atomic E-state index is 0.127. The zero-order chi connectivity index (χ0) is 15.3. The molecule has 0 aliphatic carbocycles. The Hall–Kier alpha value is -1.27. The van der Waals surface area contributed by atoms with Crippen molar-refractivity contribution in [3.63, 3.8) is 0 Å². The van der Waals surface area contributed by atoms with Gasteiger partial charge in [-0.2, -0.15) is 0 Å². The maximum Gasteiger partial charge on any atom is 0.217 e. The molecule has 0 radical (unpaired) electrons. The molecule has 6 heteroatoms. The zero-order valence-electron chi connectivity index (χ0n) is 12.0. The van der Waals surface area contributed by atoms with Gasteiger partial charge in [-0.05, 0) is 30.0 Å². The quantitative estimate of drug-likeness (QED) is 0.794. The first-order chi connectivity index (χ1) is 9.38. The Kier molecular flexibility index (Phi) is 6.29. The summed E-state index contributed by atoms with van der Waals surface area (Å²) < 4.78 is 11.4. The molecule has 2 atom stereocenters. The third-order valence-corrected chi connectivity index (χ3v) is 3.80. The number of primary amides is 1. The van der Waals surface area contributed by atoms with Gasteiger partial charge in [0.15, 0.2) is 11.5 Å². The summed E-state index contributed by atoms with van der Waals surface area (Å²) in [6, 6.07) is 3.47. The molecular formula is C14H21BrN2O3. The number of benzene rings is 1. The van der Waals surface area contributed by atoms with E-state index in [0.717, 1.165) is 10.0 Å². The van der Waals surface area contributed by atoms with Gasteiger partial charge in [0.2, 0.25) is 5.91 Å². The van der Waals surface area contributed by atoms with Gasteiger partial charge in [-0.3, -0.25) is 4.79 Å². The van der Waals surface area contributed by atoms with Gasteiger partial charge in [-0.25, -0.2) is 0 Å². The second kappa shape index (κ2) is 7.50. The van der Waals surface area contributed by atoms with E-state index in [-0.39, 0.29) is 17.9 Å². The van der Waals surface area contributed by atoms with E-state index < -0.39 is 0 Å². The Morgan fingerprint density at radius 2 is 1.85 bits per heavy atom. The van der Waals surface area contributed by atoms with Gasteiger partial charge >= 0.3 is 0 Å². The van der Waals surface area contributed by atoms with Crippen molar-refractivity contribution in [2.75, 3.05) is 14.2 Å². The summed E-state index contributed by atoms with van der Waals surface area (Å²) in [4.78, 5) is 10.9. The minimum Gasteiger partial charge on any atom is -0.493 e. The monoisotopic (exact) mass is 344 g/mol. The molecular weight excluding hydrogens is 324 g/mol. The predicted octanol–water partition coefficient (Wildman–Crippen LogP) is 2.37. The van der Waals surface area contributed by atoms with Crippen LogP contribution in [0.3, 0.4) is 0 Å². The van der Waals surface area contributed by atoms with Gasteiger partial charge in [0.05, 0.1) is 14.2 Å². The van der Waals surface area contributed by atoms with Crippen molar-refractivity contribution in [3.8, 4) is 11.5 Å². The van der Waals surface area contributed by atoms with Crippen LogP contribution in [0.5, 0.6) is 11.5 Å². The van der Waals surface area contributed by atoms with Gasteiger partial charge in [0.1, 0.15) is 0 Å². The van der Waals surface area contributed by atoms with Crippen molar-refractivity contribution in [1.82, 2.24) is 0 Å². The van der Waals surface area contributed by atoms with Crippen molar-refractivity contribution in [2.24, 2.45) is 17.4 Å². The van der Waals surface area contributed by atoms with Crippen LogP contribution >= 0.6 is 15.9 Å². The van der Waals surface area contributed by atoms with Crippen LogP contribution in [-0.4, -0.2) is 20.1 Å². The van der Waals surface area contributed by atoms with Crippen LogP contribution in [0.15, 0.2) is 16.6 Å². The van der Waals surface area contributed by atoms with Gasteiger partial charge in [0, 0.05) is 16.9 Å².